The topological polar surface area (TPSA) is 102 Å². The highest BCUT2D eigenvalue weighted by Crippen LogP contribution is 2.41. The first-order valence-electron chi connectivity index (χ1n) is 13.2. The minimum atomic E-state index is -0.117. The van der Waals surface area contributed by atoms with Gasteiger partial charge in [0.15, 0.2) is 5.75 Å². The van der Waals surface area contributed by atoms with E-state index < -0.39 is 0 Å². The average molecular weight is 575 g/mol. The van der Waals surface area contributed by atoms with Crippen molar-refractivity contribution in [2.45, 2.75) is 6.61 Å². The van der Waals surface area contributed by atoms with Gasteiger partial charge in [-0.05, 0) is 49.5 Å². The molecule has 0 saturated carbocycles. The zero-order chi connectivity index (χ0) is 28.6. The van der Waals surface area contributed by atoms with Gasteiger partial charge in [-0.25, -0.2) is 9.97 Å². The second kappa shape index (κ2) is 13.4. The molecular weight excluding hydrogens is 544 g/mol. The summed E-state index contributed by atoms with van der Waals surface area (Å²) in [6.45, 7) is 3.15. The number of rotatable bonds is 11. The van der Waals surface area contributed by atoms with Crippen LogP contribution in [0.4, 0.5) is 17.2 Å². The van der Waals surface area contributed by atoms with Gasteiger partial charge in [0.1, 0.15) is 31.1 Å². The first-order valence-corrected chi connectivity index (χ1v) is 13.6. The molecule has 0 unspecified atom stereocenters. The number of likely N-dealkylation sites (N-methyl/N-ethyl adjacent to an activating group) is 1. The smallest absolute Gasteiger partial charge is 0.250 e. The normalized spacial score (nSPS) is 12.9. The Kier molecular flexibility index (Phi) is 9.25. The van der Waals surface area contributed by atoms with E-state index >= 15 is 0 Å². The molecule has 0 fully saturated rings. The first-order chi connectivity index (χ1) is 20.0. The van der Waals surface area contributed by atoms with Gasteiger partial charge in [-0.2, -0.15) is 0 Å². The van der Waals surface area contributed by atoms with E-state index in [-0.39, 0.29) is 5.91 Å². The van der Waals surface area contributed by atoms with Gasteiger partial charge >= 0.3 is 0 Å². The maximum Gasteiger partial charge on any atom is 0.250 e. The molecular formula is C30H31ClN6O4. The highest BCUT2D eigenvalue weighted by atomic mass is 35.5. The van der Waals surface area contributed by atoms with E-state index in [1.807, 2.05) is 49.5 Å². The molecule has 0 saturated heterocycles. The summed E-state index contributed by atoms with van der Waals surface area (Å²) in [5, 5.41) is 4.45. The lowest BCUT2D eigenvalue weighted by atomic mass is 10.1. The van der Waals surface area contributed by atoms with Gasteiger partial charge in [-0.1, -0.05) is 23.7 Å². The lowest BCUT2D eigenvalue weighted by Gasteiger charge is -2.30. The molecule has 2 aromatic carbocycles. The molecule has 0 atom stereocenters. The lowest BCUT2D eigenvalue weighted by molar-refractivity contribution is -0.114. The molecule has 10 nitrogen and oxygen atoms in total. The first kappa shape index (κ1) is 28.3. The standard InChI is InChI=1S/C30H31ClN6O4/c1-36(14-16-39-2)13-5-7-27(38)37-15-17-40-29-25(37)10-9-24-28(29)30(34-20-33-24)35-21-8-11-26(23(31)18-21)41-19-22-6-3-4-12-32-22/h3-12,18,20H,13-17,19H2,1-2H3,(H,33,34,35)/b7-5+. The number of hydrogen-bond donors (Lipinski definition) is 1. The predicted molar refractivity (Wildman–Crippen MR) is 159 cm³/mol. The summed E-state index contributed by atoms with van der Waals surface area (Å²) in [5.74, 6) is 1.52. The van der Waals surface area contributed by atoms with Crippen LogP contribution in [-0.2, 0) is 16.1 Å². The molecule has 3 heterocycles. The van der Waals surface area contributed by atoms with Crippen LogP contribution < -0.4 is 19.7 Å². The molecule has 1 aliphatic heterocycles. The van der Waals surface area contributed by atoms with Crippen molar-refractivity contribution in [3.8, 4) is 11.5 Å². The Balaban J connectivity index is 1.35. The van der Waals surface area contributed by atoms with Crippen LogP contribution in [0.2, 0.25) is 5.02 Å². The largest absolute Gasteiger partial charge is 0.489 e. The lowest BCUT2D eigenvalue weighted by Crippen LogP contribution is -2.37. The number of anilines is 3. The monoisotopic (exact) mass is 574 g/mol. The number of fused-ring (bicyclic) bond motifs is 3. The zero-order valence-corrected chi connectivity index (χ0v) is 23.7. The van der Waals surface area contributed by atoms with Crippen LogP contribution in [0.5, 0.6) is 11.5 Å². The Morgan fingerprint density at radius 3 is 2.90 bits per heavy atom. The van der Waals surface area contributed by atoms with Gasteiger partial charge in [-0.15, -0.1) is 0 Å². The summed E-state index contributed by atoms with van der Waals surface area (Å²) in [4.78, 5) is 30.1. The Morgan fingerprint density at radius 2 is 2.10 bits per heavy atom. The van der Waals surface area contributed by atoms with Crippen molar-refractivity contribution in [2.75, 3.05) is 57.2 Å². The zero-order valence-electron chi connectivity index (χ0n) is 22.9. The Labute approximate surface area is 243 Å². The van der Waals surface area contributed by atoms with E-state index in [0.717, 1.165) is 12.2 Å². The molecule has 11 heteroatoms. The average Bonchev–Trinajstić information content (AvgIpc) is 2.99. The van der Waals surface area contributed by atoms with Crippen molar-refractivity contribution in [1.29, 1.82) is 0 Å². The molecule has 1 N–H and O–H groups in total. The van der Waals surface area contributed by atoms with Gasteiger partial charge in [0.05, 0.1) is 40.5 Å². The summed E-state index contributed by atoms with van der Waals surface area (Å²) in [5.41, 5.74) is 2.87. The third kappa shape index (κ3) is 6.91. The number of hydrogen-bond acceptors (Lipinski definition) is 9. The van der Waals surface area contributed by atoms with E-state index in [2.05, 4.69) is 25.2 Å². The number of amides is 1. The fourth-order valence-corrected chi connectivity index (χ4v) is 4.62. The second-order valence-corrected chi connectivity index (χ2v) is 9.81. The van der Waals surface area contributed by atoms with Gasteiger partial charge < -0.3 is 29.3 Å². The van der Waals surface area contributed by atoms with E-state index in [9.17, 15) is 4.79 Å². The number of halogens is 1. The minimum absolute atomic E-state index is 0.117. The third-order valence-electron chi connectivity index (χ3n) is 6.50. The van der Waals surface area contributed by atoms with Crippen molar-refractivity contribution >= 4 is 45.6 Å². The summed E-state index contributed by atoms with van der Waals surface area (Å²) < 4.78 is 17.0. The number of carbonyl (C=O) groups excluding carboxylic acids is 1. The number of aromatic nitrogens is 3. The summed E-state index contributed by atoms with van der Waals surface area (Å²) in [7, 11) is 3.65. The number of carbonyl (C=O) groups is 1. The summed E-state index contributed by atoms with van der Waals surface area (Å²) in [6.07, 6.45) is 6.66. The SMILES string of the molecule is COCCN(C)C/C=C/C(=O)N1CCOc2c1ccc1ncnc(Nc3ccc(OCc4ccccn4)c(Cl)c3)c21. The number of nitrogens with zero attached hydrogens (tertiary/aromatic N) is 5. The van der Waals surface area contributed by atoms with Crippen molar-refractivity contribution in [3.63, 3.8) is 0 Å². The maximum absolute atomic E-state index is 13.1. The van der Waals surface area contributed by atoms with Crippen LogP contribution in [-0.4, -0.2) is 72.8 Å². The number of nitrogens with one attached hydrogen (secondary N) is 1. The molecule has 2 aromatic heterocycles. The van der Waals surface area contributed by atoms with Gasteiger partial charge in [0, 0.05) is 38.2 Å². The van der Waals surface area contributed by atoms with Crippen LogP contribution >= 0.6 is 11.6 Å². The molecule has 5 rings (SSSR count). The molecule has 212 valence electrons. The van der Waals surface area contributed by atoms with E-state index in [4.69, 9.17) is 25.8 Å². The summed E-state index contributed by atoms with van der Waals surface area (Å²) in [6, 6.07) is 14.8. The Morgan fingerprint density at radius 1 is 1.20 bits per heavy atom. The highest BCUT2D eigenvalue weighted by Gasteiger charge is 2.26. The fourth-order valence-electron chi connectivity index (χ4n) is 4.38. The van der Waals surface area contributed by atoms with Gasteiger partial charge in [0.25, 0.3) is 5.91 Å². The molecule has 1 aliphatic rings. The number of methoxy groups -OCH3 is 1. The molecule has 0 aliphatic carbocycles. The van der Waals surface area contributed by atoms with Crippen LogP contribution in [0, 0.1) is 0 Å². The van der Waals surface area contributed by atoms with Crippen LogP contribution in [0.25, 0.3) is 10.9 Å². The maximum atomic E-state index is 13.1. The predicted octanol–water partition coefficient (Wildman–Crippen LogP) is 4.86. The molecule has 41 heavy (non-hydrogen) atoms. The molecule has 4 aromatic rings. The van der Waals surface area contributed by atoms with Crippen molar-refractivity contribution < 1.29 is 19.0 Å². The van der Waals surface area contributed by atoms with Crippen molar-refractivity contribution in [3.05, 3.63) is 83.9 Å². The molecule has 0 spiro atoms. The minimum Gasteiger partial charge on any atom is -0.489 e. The van der Waals surface area contributed by atoms with Crippen molar-refractivity contribution in [2.24, 2.45) is 0 Å². The number of ether oxygens (including phenoxy) is 3. The van der Waals surface area contributed by atoms with Crippen LogP contribution in [0.3, 0.4) is 0 Å². The van der Waals surface area contributed by atoms with Crippen molar-refractivity contribution in [1.82, 2.24) is 19.9 Å². The van der Waals surface area contributed by atoms with Crippen LogP contribution in [0.15, 0.2) is 73.2 Å². The number of benzene rings is 2. The van der Waals surface area contributed by atoms with Crippen LogP contribution in [0.1, 0.15) is 5.69 Å². The molecule has 1 amide bonds. The summed E-state index contributed by atoms with van der Waals surface area (Å²) >= 11 is 6.53. The number of pyridine rings is 1. The third-order valence-corrected chi connectivity index (χ3v) is 6.80. The molecule has 0 radical (unpaired) electrons. The van der Waals surface area contributed by atoms with Gasteiger partial charge in [0.2, 0.25) is 0 Å². The Bertz CT molecular complexity index is 1530. The fraction of sp³-hybridized carbons (Fsp3) is 0.267. The molecule has 0 bridgehead atoms. The van der Waals surface area contributed by atoms with E-state index in [1.165, 1.54) is 6.33 Å². The van der Waals surface area contributed by atoms with E-state index in [1.54, 1.807) is 36.4 Å². The highest BCUT2D eigenvalue weighted by molar-refractivity contribution is 6.32. The Hall–Kier alpha value is -4.25. The van der Waals surface area contributed by atoms with Gasteiger partial charge in [-0.3, -0.25) is 9.78 Å². The second-order valence-electron chi connectivity index (χ2n) is 9.41. The van der Waals surface area contributed by atoms with E-state index in [0.29, 0.717) is 77.5 Å². The quantitative estimate of drug-likeness (QED) is 0.252.